The molecule has 1 aliphatic rings. The van der Waals surface area contributed by atoms with Crippen molar-refractivity contribution in [2.75, 3.05) is 0 Å². The number of hydrogen-bond donors (Lipinski definition) is 1. The van der Waals surface area contributed by atoms with Gasteiger partial charge >= 0.3 is 0 Å². The van der Waals surface area contributed by atoms with E-state index in [9.17, 15) is 4.79 Å². The molecule has 2 rings (SSSR count). The summed E-state index contributed by atoms with van der Waals surface area (Å²) in [6, 6.07) is 8.12. The quantitative estimate of drug-likeness (QED) is 0.848. The Morgan fingerprint density at radius 1 is 1.17 bits per heavy atom. The third kappa shape index (κ3) is 2.92. The van der Waals surface area contributed by atoms with E-state index in [-0.39, 0.29) is 5.91 Å². The molecule has 0 radical (unpaired) electrons. The van der Waals surface area contributed by atoms with Gasteiger partial charge in [-0.25, -0.2) is 0 Å². The highest BCUT2D eigenvalue weighted by atomic mass is 16.1. The summed E-state index contributed by atoms with van der Waals surface area (Å²) < 4.78 is 0. The second-order valence-electron chi connectivity index (χ2n) is 5.71. The molecule has 1 aliphatic carbocycles. The summed E-state index contributed by atoms with van der Waals surface area (Å²) in [5.74, 6) is 1.36. The first kappa shape index (κ1) is 13.1. The summed E-state index contributed by atoms with van der Waals surface area (Å²) >= 11 is 0. The number of aryl methyl sites for hydroxylation is 1. The largest absolute Gasteiger partial charge is 0.349 e. The summed E-state index contributed by atoms with van der Waals surface area (Å²) in [6.45, 7) is 6.57. The number of benzene rings is 1. The maximum absolute atomic E-state index is 12.2. The summed E-state index contributed by atoms with van der Waals surface area (Å²) in [5, 5.41) is 3.20. The first-order valence-corrected chi connectivity index (χ1v) is 6.95. The molecule has 3 atom stereocenters. The SMILES string of the molecule is Cc1ccc(C(=O)N[C@@H]2CCC[C@H](C)[C@H]2C)cc1. The normalized spacial score (nSPS) is 27.8. The van der Waals surface area contributed by atoms with Gasteiger partial charge in [0, 0.05) is 11.6 Å². The van der Waals surface area contributed by atoms with Crippen LogP contribution in [0.4, 0.5) is 0 Å². The smallest absolute Gasteiger partial charge is 0.251 e. The van der Waals surface area contributed by atoms with Gasteiger partial charge < -0.3 is 5.32 Å². The van der Waals surface area contributed by atoms with Gasteiger partial charge in [0.15, 0.2) is 0 Å². The van der Waals surface area contributed by atoms with Gasteiger partial charge in [0.1, 0.15) is 0 Å². The van der Waals surface area contributed by atoms with Crippen LogP contribution in [0.25, 0.3) is 0 Å². The van der Waals surface area contributed by atoms with Gasteiger partial charge in [0.05, 0.1) is 0 Å². The molecule has 18 heavy (non-hydrogen) atoms. The van der Waals surface area contributed by atoms with E-state index >= 15 is 0 Å². The molecule has 1 aromatic carbocycles. The molecule has 1 N–H and O–H groups in total. The van der Waals surface area contributed by atoms with Crippen molar-refractivity contribution in [3.63, 3.8) is 0 Å². The highest BCUT2D eigenvalue weighted by Crippen LogP contribution is 2.29. The fraction of sp³-hybridized carbons (Fsp3) is 0.562. The van der Waals surface area contributed by atoms with Crippen molar-refractivity contribution in [2.24, 2.45) is 11.8 Å². The predicted molar refractivity (Wildman–Crippen MR) is 74.6 cm³/mol. The molecule has 1 saturated carbocycles. The fourth-order valence-electron chi connectivity index (χ4n) is 2.74. The van der Waals surface area contributed by atoms with Crippen LogP contribution in [-0.2, 0) is 0 Å². The van der Waals surface area contributed by atoms with E-state index < -0.39 is 0 Å². The molecule has 0 unspecified atom stereocenters. The lowest BCUT2D eigenvalue weighted by Crippen LogP contribution is -2.43. The highest BCUT2D eigenvalue weighted by Gasteiger charge is 2.28. The monoisotopic (exact) mass is 245 g/mol. The van der Waals surface area contributed by atoms with Gasteiger partial charge in [-0.3, -0.25) is 4.79 Å². The van der Waals surface area contributed by atoms with E-state index in [0.717, 1.165) is 12.0 Å². The van der Waals surface area contributed by atoms with Gasteiger partial charge in [-0.15, -0.1) is 0 Å². The molecule has 1 amide bonds. The van der Waals surface area contributed by atoms with Gasteiger partial charge in [-0.2, -0.15) is 0 Å². The summed E-state index contributed by atoms with van der Waals surface area (Å²) in [7, 11) is 0. The molecular formula is C16H23NO. The lowest BCUT2D eigenvalue weighted by atomic mass is 9.78. The van der Waals surface area contributed by atoms with E-state index in [4.69, 9.17) is 0 Å². The standard InChI is InChI=1S/C16H23NO/c1-11-7-9-14(10-8-11)16(18)17-15-6-4-5-12(2)13(15)3/h7-10,12-13,15H,4-6H2,1-3H3,(H,17,18)/t12-,13+,15+/m0/s1. The third-order valence-electron chi connectivity index (χ3n) is 4.34. The van der Waals surface area contributed by atoms with Crippen LogP contribution in [0.3, 0.4) is 0 Å². The Kier molecular flexibility index (Phi) is 4.05. The third-order valence-corrected chi connectivity index (χ3v) is 4.34. The number of hydrogen-bond acceptors (Lipinski definition) is 1. The Labute approximate surface area is 110 Å². The van der Waals surface area contributed by atoms with Gasteiger partial charge in [0.25, 0.3) is 5.91 Å². The molecule has 0 bridgehead atoms. The maximum Gasteiger partial charge on any atom is 0.251 e. The summed E-state index contributed by atoms with van der Waals surface area (Å²) in [5.41, 5.74) is 1.96. The Hall–Kier alpha value is -1.31. The Bertz CT molecular complexity index is 410. The summed E-state index contributed by atoms with van der Waals surface area (Å²) in [4.78, 5) is 12.2. The molecule has 1 aromatic rings. The van der Waals surface area contributed by atoms with Crippen molar-refractivity contribution in [1.82, 2.24) is 5.32 Å². The van der Waals surface area contributed by atoms with Gasteiger partial charge in [0.2, 0.25) is 0 Å². The molecule has 2 heteroatoms. The average molecular weight is 245 g/mol. The first-order valence-electron chi connectivity index (χ1n) is 6.95. The molecule has 98 valence electrons. The van der Waals surface area contributed by atoms with Crippen molar-refractivity contribution >= 4 is 5.91 Å². The molecule has 1 fully saturated rings. The van der Waals surface area contributed by atoms with Crippen LogP contribution < -0.4 is 5.32 Å². The molecular weight excluding hydrogens is 222 g/mol. The number of amides is 1. The lowest BCUT2D eigenvalue weighted by molar-refractivity contribution is 0.0891. The van der Waals surface area contributed by atoms with Gasteiger partial charge in [-0.05, 0) is 37.3 Å². The zero-order valence-corrected chi connectivity index (χ0v) is 11.6. The van der Waals surface area contributed by atoms with Crippen LogP contribution in [0.2, 0.25) is 0 Å². The molecule has 0 aliphatic heterocycles. The van der Waals surface area contributed by atoms with Crippen molar-refractivity contribution < 1.29 is 4.79 Å². The van der Waals surface area contributed by atoms with Crippen LogP contribution in [-0.4, -0.2) is 11.9 Å². The lowest BCUT2D eigenvalue weighted by Gasteiger charge is -2.34. The van der Waals surface area contributed by atoms with E-state index in [1.165, 1.54) is 18.4 Å². The summed E-state index contributed by atoms with van der Waals surface area (Å²) in [6.07, 6.45) is 3.63. The number of carbonyl (C=O) groups excluding carboxylic acids is 1. The van der Waals surface area contributed by atoms with Crippen LogP contribution in [0.15, 0.2) is 24.3 Å². The number of carbonyl (C=O) groups is 1. The zero-order valence-electron chi connectivity index (χ0n) is 11.6. The number of nitrogens with one attached hydrogen (secondary N) is 1. The van der Waals surface area contributed by atoms with E-state index in [1.807, 2.05) is 31.2 Å². The molecule has 0 saturated heterocycles. The molecule has 0 heterocycles. The topological polar surface area (TPSA) is 29.1 Å². The minimum Gasteiger partial charge on any atom is -0.349 e. The first-order chi connectivity index (χ1) is 8.58. The van der Waals surface area contributed by atoms with Crippen molar-refractivity contribution in [3.8, 4) is 0 Å². The minimum absolute atomic E-state index is 0.0703. The van der Waals surface area contributed by atoms with E-state index in [0.29, 0.717) is 17.9 Å². The fourth-order valence-corrected chi connectivity index (χ4v) is 2.74. The van der Waals surface area contributed by atoms with Crippen molar-refractivity contribution in [1.29, 1.82) is 0 Å². The van der Waals surface area contributed by atoms with Gasteiger partial charge in [-0.1, -0.05) is 44.4 Å². The Balaban J connectivity index is 2.00. The van der Waals surface area contributed by atoms with E-state index in [1.54, 1.807) is 0 Å². The van der Waals surface area contributed by atoms with Crippen LogP contribution in [0.5, 0.6) is 0 Å². The second-order valence-corrected chi connectivity index (χ2v) is 5.71. The minimum atomic E-state index is 0.0703. The van der Waals surface area contributed by atoms with Crippen LogP contribution >= 0.6 is 0 Å². The van der Waals surface area contributed by atoms with E-state index in [2.05, 4.69) is 19.2 Å². The zero-order chi connectivity index (χ0) is 13.1. The van der Waals surface area contributed by atoms with Crippen LogP contribution in [0, 0.1) is 18.8 Å². The second kappa shape index (κ2) is 5.55. The number of rotatable bonds is 2. The Morgan fingerprint density at radius 3 is 2.50 bits per heavy atom. The van der Waals surface area contributed by atoms with Crippen molar-refractivity contribution in [3.05, 3.63) is 35.4 Å². The molecule has 0 spiro atoms. The molecule has 2 nitrogen and oxygen atoms in total. The Morgan fingerprint density at radius 2 is 1.83 bits per heavy atom. The average Bonchev–Trinajstić information content (AvgIpc) is 2.36. The van der Waals surface area contributed by atoms with Crippen molar-refractivity contribution in [2.45, 2.75) is 46.1 Å². The highest BCUT2D eigenvalue weighted by molar-refractivity contribution is 5.94. The van der Waals surface area contributed by atoms with Crippen LogP contribution in [0.1, 0.15) is 49.0 Å². The molecule has 0 aromatic heterocycles. The maximum atomic E-state index is 12.2. The predicted octanol–water partition coefficient (Wildman–Crippen LogP) is 3.55.